The zero-order valence-electron chi connectivity index (χ0n) is 23.5. The first-order valence-electron chi connectivity index (χ1n) is 14.6. The Balaban J connectivity index is 1.46. The topological polar surface area (TPSA) is 61.4 Å². The van der Waals surface area contributed by atoms with Crippen molar-refractivity contribution in [2.45, 2.75) is 0 Å². The molecule has 5 aromatic carbocycles. The molecule has 9 aromatic rings. The van der Waals surface area contributed by atoms with Crippen LogP contribution in [-0.4, -0.2) is 29.1 Å². The largest absolute Gasteiger partial charge is 0.294 e. The van der Waals surface area contributed by atoms with Gasteiger partial charge in [0, 0.05) is 39.2 Å². The first kappa shape index (κ1) is 24.5. The van der Waals surface area contributed by atoms with E-state index in [1.54, 1.807) is 0 Å². The Bertz CT molecular complexity index is 2420. The monoisotopic (exact) mass is 564 g/mol. The minimum Gasteiger partial charge on any atom is -0.294 e. The van der Waals surface area contributed by atoms with Gasteiger partial charge in [-0.2, -0.15) is 9.97 Å². The predicted molar refractivity (Wildman–Crippen MR) is 177 cm³/mol. The maximum absolute atomic E-state index is 5.14. The van der Waals surface area contributed by atoms with Crippen LogP contribution in [0.4, 0.5) is 0 Å². The molecule has 206 valence electrons. The van der Waals surface area contributed by atoms with Crippen LogP contribution in [0.3, 0.4) is 0 Å². The average Bonchev–Trinajstić information content (AvgIpc) is 3.62. The Hall–Kier alpha value is -6.14. The predicted octanol–water partition coefficient (Wildman–Crippen LogP) is 8.79. The van der Waals surface area contributed by atoms with Crippen LogP contribution in [0.5, 0.6) is 0 Å². The Morgan fingerprint density at radius 1 is 0.432 bits per heavy atom. The van der Waals surface area contributed by atoms with Crippen molar-refractivity contribution in [1.82, 2.24) is 29.1 Å². The summed E-state index contributed by atoms with van der Waals surface area (Å²) in [5, 5.41) is 4.32. The van der Waals surface area contributed by atoms with Gasteiger partial charge in [0.05, 0.1) is 21.9 Å². The first-order chi connectivity index (χ1) is 21.8. The third-order valence-electron chi connectivity index (χ3n) is 8.22. The maximum Gasteiger partial charge on any atom is 0.238 e. The van der Waals surface area contributed by atoms with Crippen molar-refractivity contribution in [3.05, 3.63) is 146 Å². The number of rotatable bonds is 4. The second kappa shape index (κ2) is 9.71. The van der Waals surface area contributed by atoms with Crippen LogP contribution < -0.4 is 0 Å². The molecule has 0 radical (unpaired) electrons. The number of benzene rings is 5. The SMILES string of the molecule is c1ccc(-c2nc(-c3ccccc3)nc(-n3c4ccccc4c4cnc5c(c6ccccc6n5-c5ccccc5)c43)n2)cc1. The minimum absolute atomic E-state index is 0.563. The van der Waals surface area contributed by atoms with Crippen LogP contribution in [0.2, 0.25) is 0 Å². The van der Waals surface area contributed by atoms with Crippen molar-refractivity contribution >= 4 is 43.7 Å². The molecule has 0 spiro atoms. The molecule has 0 fully saturated rings. The molecule has 6 heteroatoms. The molecule has 0 bridgehead atoms. The van der Waals surface area contributed by atoms with E-state index in [2.05, 4.69) is 81.9 Å². The Morgan fingerprint density at radius 2 is 0.955 bits per heavy atom. The Morgan fingerprint density at radius 3 is 1.59 bits per heavy atom. The standard InChI is InChI=1S/C38H24N6/c1-4-14-25(15-5-1)35-40-36(26-16-6-2-7-17-26)42-38(41-35)44-31-22-12-10-20-28(31)30-24-39-37-33(34(30)44)29-21-11-13-23-32(29)43(37)27-18-8-3-9-19-27/h1-24H. The van der Waals surface area contributed by atoms with Crippen molar-refractivity contribution in [1.29, 1.82) is 0 Å². The number of hydrogen-bond donors (Lipinski definition) is 0. The van der Waals surface area contributed by atoms with Gasteiger partial charge >= 0.3 is 0 Å². The molecule has 0 aliphatic carbocycles. The van der Waals surface area contributed by atoms with E-state index in [0.717, 1.165) is 60.6 Å². The molecule has 0 amide bonds. The Kier molecular flexibility index (Phi) is 5.40. The molecule has 4 heterocycles. The summed E-state index contributed by atoms with van der Waals surface area (Å²) >= 11 is 0. The van der Waals surface area contributed by atoms with Gasteiger partial charge in [0.1, 0.15) is 5.65 Å². The van der Waals surface area contributed by atoms with E-state index in [9.17, 15) is 0 Å². The zero-order valence-corrected chi connectivity index (χ0v) is 23.5. The van der Waals surface area contributed by atoms with Gasteiger partial charge in [-0.1, -0.05) is 115 Å². The van der Waals surface area contributed by atoms with Crippen LogP contribution in [0.1, 0.15) is 0 Å². The van der Waals surface area contributed by atoms with E-state index in [4.69, 9.17) is 19.9 Å². The van der Waals surface area contributed by atoms with Crippen LogP contribution in [0.15, 0.2) is 146 Å². The number of nitrogens with zero attached hydrogens (tertiary/aromatic N) is 6. The van der Waals surface area contributed by atoms with Crippen LogP contribution in [0.25, 0.3) is 78.2 Å². The van der Waals surface area contributed by atoms with Crippen LogP contribution in [-0.2, 0) is 0 Å². The maximum atomic E-state index is 5.14. The molecule has 4 aromatic heterocycles. The Labute approximate surface area is 252 Å². The highest BCUT2D eigenvalue weighted by atomic mass is 15.2. The highest BCUT2D eigenvalue weighted by molar-refractivity contribution is 6.24. The molecule has 0 saturated heterocycles. The number of aromatic nitrogens is 6. The molecule has 0 aliphatic rings. The lowest BCUT2D eigenvalue weighted by Gasteiger charge is -2.11. The highest BCUT2D eigenvalue weighted by Gasteiger charge is 2.23. The molecule has 0 unspecified atom stereocenters. The summed E-state index contributed by atoms with van der Waals surface area (Å²) in [4.78, 5) is 20.3. The lowest BCUT2D eigenvalue weighted by Crippen LogP contribution is -2.06. The third kappa shape index (κ3) is 3.68. The van der Waals surface area contributed by atoms with Gasteiger partial charge in [0.15, 0.2) is 11.6 Å². The third-order valence-corrected chi connectivity index (χ3v) is 8.22. The van der Waals surface area contributed by atoms with Crippen LogP contribution >= 0.6 is 0 Å². The normalized spacial score (nSPS) is 11.6. The number of hydrogen-bond acceptors (Lipinski definition) is 4. The molecule has 0 aliphatic heterocycles. The van der Waals surface area contributed by atoms with E-state index in [1.165, 1.54) is 0 Å². The van der Waals surface area contributed by atoms with E-state index in [-0.39, 0.29) is 0 Å². The molecule has 0 saturated carbocycles. The highest BCUT2D eigenvalue weighted by Crippen LogP contribution is 2.40. The van der Waals surface area contributed by atoms with E-state index < -0.39 is 0 Å². The van der Waals surface area contributed by atoms with Crippen molar-refractivity contribution in [2.24, 2.45) is 0 Å². The van der Waals surface area contributed by atoms with Gasteiger partial charge < -0.3 is 0 Å². The summed E-state index contributed by atoms with van der Waals surface area (Å²) in [6.45, 7) is 0. The number of pyridine rings is 1. The second-order valence-corrected chi connectivity index (χ2v) is 10.8. The van der Waals surface area contributed by atoms with Gasteiger partial charge in [-0.3, -0.25) is 9.13 Å². The lowest BCUT2D eigenvalue weighted by atomic mass is 10.1. The molecule has 44 heavy (non-hydrogen) atoms. The lowest BCUT2D eigenvalue weighted by molar-refractivity contribution is 0.955. The zero-order chi connectivity index (χ0) is 29.0. The van der Waals surface area contributed by atoms with E-state index >= 15 is 0 Å². The van der Waals surface area contributed by atoms with Crippen molar-refractivity contribution in [3.8, 4) is 34.4 Å². The summed E-state index contributed by atoms with van der Waals surface area (Å²) in [5.74, 6) is 1.81. The van der Waals surface area contributed by atoms with Gasteiger partial charge in [0.2, 0.25) is 5.95 Å². The van der Waals surface area contributed by atoms with E-state index in [0.29, 0.717) is 17.6 Å². The summed E-state index contributed by atoms with van der Waals surface area (Å²) in [5.41, 5.74) is 6.93. The van der Waals surface area contributed by atoms with Gasteiger partial charge in [-0.05, 0) is 24.3 Å². The minimum atomic E-state index is 0.563. The van der Waals surface area contributed by atoms with Crippen molar-refractivity contribution < 1.29 is 0 Å². The average molecular weight is 565 g/mol. The number of fused-ring (bicyclic) bond motifs is 7. The molecule has 0 N–H and O–H groups in total. The quantitative estimate of drug-likeness (QED) is 0.214. The fourth-order valence-electron chi connectivity index (χ4n) is 6.29. The molecular weight excluding hydrogens is 540 g/mol. The second-order valence-electron chi connectivity index (χ2n) is 10.8. The molecular formula is C38H24N6. The summed E-state index contributed by atoms with van der Waals surface area (Å²) in [6, 6.07) is 47.5. The van der Waals surface area contributed by atoms with Crippen molar-refractivity contribution in [3.63, 3.8) is 0 Å². The fraction of sp³-hybridized carbons (Fsp3) is 0. The number of para-hydroxylation sites is 3. The first-order valence-corrected chi connectivity index (χ1v) is 14.6. The van der Waals surface area contributed by atoms with Gasteiger partial charge in [-0.25, -0.2) is 9.97 Å². The van der Waals surface area contributed by atoms with E-state index in [1.807, 2.05) is 72.9 Å². The van der Waals surface area contributed by atoms with Crippen molar-refractivity contribution in [2.75, 3.05) is 0 Å². The van der Waals surface area contributed by atoms with Gasteiger partial charge in [-0.15, -0.1) is 0 Å². The molecule has 9 rings (SSSR count). The van der Waals surface area contributed by atoms with Crippen LogP contribution in [0, 0.1) is 0 Å². The van der Waals surface area contributed by atoms with Gasteiger partial charge in [0.25, 0.3) is 0 Å². The smallest absolute Gasteiger partial charge is 0.238 e. The summed E-state index contributed by atoms with van der Waals surface area (Å²) in [6.07, 6.45) is 1.99. The fourth-order valence-corrected chi connectivity index (χ4v) is 6.29. The molecule has 6 nitrogen and oxygen atoms in total. The summed E-state index contributed by atoms with van der Waals surface area (Å²) in [7, 11) is 0. The molecule has 0 atom stereocenters. The summed E-state index contributed by atoms with van der Waals surface area (Å²) < 4.78 is 4.43.